The predicted octanol–water partition coefficient (Wildman–Crippen LogP) is 15.0. The van der Waals surface area contributed by atoms with Crippen molar-refractivity contribution in [3.63, 3.8) is 0 Å². The van der Waals surface area contributed by atoms with Gasteiger partial charge in [0, 0.05) is 48.9 Å². The number of para-hydroxylation sites is 1. The van der Waals surface area contributed by atoms with E-state index >= 15 is 0 Å². The Balaban J connectivity index is 1.27. The molecule has 2 aliphatic carbocycles. The molecule has 7 aromatic carbocycles. The lowest BCUT2D eigenvalue weighted by Crippen LogP contribution is -2.61. The highest BCUT2D eigenvalue weighted by Crippen LogP contribution is 2.55. The molecule has 1 aromatic heterocycles. The molecule has 0 unspecified atom stereocenters. The van der Waals surface area contributed by atoms with E-state index in [4.69, 9.17) is 0 Å². The van der Waals surface area contributed by atoms with Gasteiger partial charge in [0.15, 0.2) is 0 Å². The molecule has 0 amide bonds. The zero-order valence-electron chi connectivity index (χ0n) is 39.5. The molecule has 0 fully saturated rings. The van der Waals surface area contributed by atoms with Crippen molar-refractivity contribution in [1.82, 2.24) is 0 Å². The number of nitrogens with zero attached hydrogens (tertiary/aromatic N) is 2. The number of anilines is 6. The van der Waals surface area contributed by atoms with Crippen molar-refractivity contribution in [2.75, 3.05) is 9.80 Å². The van der Waals surface area contributed by atoms with Crippen LogP contribution in [0.15, 0.2) is 121 Å². The fourth-order valence-electron chi connectivity index (χ4n) is 13.0. The fraction of sp³-hybridized carbons (Fsp3) is 0.300. The number of aryl methyl sites for hydroxylation is 3. The lowest BCUT2D eigenvalue weighted by Gasteiger charge is -2.47. The molecule has 0 saturated carbocycles. The standard InChI is InChI=1S/C60H59BN2S/c1-35-18-12-14-20-39(35)38-27-52-56-53(28-38)63(49-31-44-42(26-37(49)3)57(4,5)24-25-58(44,6)7)50-32-45-43(59(8,9)34-60(45,10)11)30-47(50)61(56)46-29-41-40-21-15-17-23-54(40)64-55(41)33-51(46)62(52)48-22-16-13-19-36(48)2/h12-23,26-33H,24-25,34H2,1-11H3. The molecule has 0 saturated heterocycles. The number of thiophene rings is 1. The van der Waals surface area contributed by atoms with Crippen molar-refractivity contribution in [3.8, 4) is 11.1 Å². The monoisotopic (exact) mass is 850 g/mol. The Morgan fingerprint density at radius 2 is 0.984 bits per heavy atom. The van der Waals surface area contributed by atoms with Crippen LogP contribution in [0.25, 0.3) is 31.3 Å². The van der Waals surface area contributed by atoms with E-state index in [1.807, 2.05) is 11.3 Å². The molecule has 2 aliphatic heterocycles. The number of hydrogen-bond acceptors (Lipinski definition) is 3. The van der Waals surface area contributed by atoms with E-state index in [-0.39, 0.29) is 28.4 Å². The Kier molecular flexibility index (Phi) is 8.28. The van der Waals surface area contributed by atoms with E-state index in [1.165, 1.54) is 134 Å². The summed E-state index contributed by atoms with van der Waals surface area (Å²) in [6.07, 6.45) is 3.50. The summed E-state index contributed by atoms with van der Waals surface area (Å²) in [7, 11) is 0. The van der Waals surface area contributed by atoms with Gasteiger partial charge < -0.3 is 9.80 Å². The third-order valence-corrected chi connectivity index (χ3v) is 17.4. The van der Waals surface area contributed by atoms with E-state index in [2.05, 4.69) is 207 Å². The lowest BCUT2D eigenvalue weighted by atomic mass is 9.33. The van der Waals surface area contributed by atoms with Gasteiger partial charge >= 0.3 is 0 Å². The van der Waals surface area contributed by atoms with Crippen molar-refractivity contribution < 1.29 is 0 Å². The predicted molar refractivity (Wildman–Crippen MR) is 279 cm³/mol. The normalized spacial score (nSPS) is 18.1. The summed E-state index contributed by atoms with van der Waals surface area (Å²) < 4.78 is 2.68. The summed E-state index contributed by atoms with van der Waals surface area (Å²) >= 11 is 1.92. The van der Waals surface area contributed by atoms with Gasteiger partial charge in [0.25, 0.3) is 6.71 Å². The minimum absolute atomic E-state index is 0.0265. The Labute approximate surface area is 385 Å². The van der Waals surface area contributed by atoms with Gasteiger partial charge in [-0.1, -0.05) is 134 Å². The summed E-state index contributed by atoms with van der Waals surface area (Å²) in [5.41, 5.74) is 24.6. The minimum Gasteiger partial charge on any atom is -0.311 e. The number of rotatable bonds is 3. The third-order valence-electron chi connectivity index (χ3n) is 16.3. The van der Waals surface area contributed by atoms with Crippen LogP contribution in [-0.2, 0) is 21.7 Å². The Morgan fingerprint density at radius 3 is 1.69 bits per heavy atom. The van der Waals surface area contributed by atoms with E-state index in [1.54, 1.807) is 0 Å². The first-order chi connectivity index (χ1) is 30.4. The smallest absolute Gasteiger partial charge is 0.252 e. The third kappa shape index (κ3) is 5.57. The van der Waals surface area contributed by atoms with Crippen LogP contribution in [0.3, 0.4) is 0 Å². The first-order valence-electron chi connectivity index (χ1n) is 23.6. The maximum atomic E-state index is 2.74. The van der Waals surface area contributed by atoms with E-state index in [0.717, 1.165) is 6.42 Å². The molecule has 8 aromatic rings. The molecule has 0 bridgehead atoms. The zero-order valence-corrected chi connectivity index (χ0v) is 40.4. The highest BCUT2D eigenvalue weighted by atomic mass is 32.1. The van der Waals surface area contributed by atoms with Crippen LogP contribution in [0.4, 0.5) is 34.1 Å². The number of fused-ring (bicyclic) bond motifs is 9. The number of hydrogen-bond donors (Lipinski definition) is 0. The maximum Gasteiger partial charge on any atom is 0.252 e. The summed E-state index contributed by atoms with van der Waals surface area (Å²) in [6, 6.07) is 47.8. The molecule has 0 atom stereocenters. The first-order valence-corrected chi connectivity index (χ1v) is 24.4. The SMILES string of the molecule is Cc1ccccc1-c1cc2c3c(c1)N(c1ccccc1C)c1cc4sc5ccccc5c4cc1B3c1cc3c(cc1N2c1cc2c(cc1C)C(C)(C)CCC2(C)C)C(C)(C)CC3(C)C. The molecule has 4 aliphatic rings. The van der Waals surface area contributed by atoms with Gasteiger partial charge in [-0.3, -0.25) is 0 Å². The summed E-state index contributed by atoms with van der Waals surface area (Å²) in [4.78, 5) is 5.38. The average Bonchev–Trinajstić information content (AvgIpc) is 3.70. The molecular formula is C60H59BN2S. The molecule has 3 heterocycles. The minimum atomic E-state index is 0.0265. The Hall–Kier alpha value is -5.58. The lowest BCUT2D eigenvalue weighted by molar-refractivity contribution is 0.332. The van der Waals surface area contributed by atoms with E-state index in [9.17, 15) is 0 Å². The molecule has 12 rings (SSSR count). The van der Waals surface area contributed by atoms with Gasteiger partial charge in [-0.2, -0.15) is 0 Å². The van der Waals surface area contributed by atoms with Crippen LogP contribution in [0.1, 0.15) is 114 Å². The second-order valence-corrected chi connectivity index (χ2v) is 23.6. The fourth-order valence-corrected chi connectivity index (χ4v) is 14.1. The van der Waals surface area contributed by atoms with Gasteiger partial charge in [0.05, 0.1) is 0 Å². The second kappa shape index (κ2) is 13.3. The highest BCUT2D eigenvalue weighted by Gasteiger charge is 2.49. The largest absolute Gasteiger partial charge is 0.311 e. The summed E-state index contributed by atoms with van der Waals surface area (Å²) in [5, 5.41) is 2.70. The molecule has 2 nitrogen and oxygen atoms in total. The number of benzene rings is 7. The molecule has 64 heavy (non-hydrogen) atoms. The van der Waals surface area contributed by atoms with Crippen molar-refractivity contribution in [3.05, 3.63) is 160 Å². The van der Waals surface area contributed by atoms with E-state index in [0.29, 0.717) is 0 Å². The summed E-state index contributed by atoms with van der Waals surface area (Å²) in [6.45, 7) is 26.7. The van der Waals surface area contributed by atoms with Crippen LogP contribution in [0, 0.1) is 20.8 Å². The van der Waals surface area contributed by atoms with Crippen molar-refractivity contribution in [2.45, 2.75) is 117 Å². The van der Waals surface area contributed by atoms with Crippen LogP contribution in [0.5, 0.6) is 0 Å². The van der Waals surface area contributed by atoms with Crippen LogP contribution in [-0.4, -0.2) is 6.71 Å². The van der Waals surface area contributed by atoms with Crippen LogP contribution >= 0.6 is 11.3 Å². The molecule has 0 N–H and O–H groups in total. The molecule has 4 heteroatoms. The maximum absolute atomic E-state index is 2.74. The van der Waals surface area contributed by atoms with E-state index < -0.39 is 0 Å². The van der Waals surface area contributed by atoms with Gasteiger partial charge in [0.1, 0.15) is 0 Å². The van der Waals surface area contributed by atoms with Gasteiger partial charge in [-0.05, 0) is 176 Å². The molecule has 0 radical (unpaired) electrons. The first kappa shape index (κ1) is 40.0. The van der Waals surface area contributed by atoms with Gasteiger partial charge in [-0.15, -0.1) is 11.3 Å². The highest BCUT2D eigenvalue weighted by molar-refractivity contribution is 7.26. The second-order valence-electron chi connectivity index (χ2n) is 22.5. The molecular weight excluding hydrogens is 792 g/mol. The van der Waals surface area contributed by atoms with Crippen molar-refractivity contribution in [1.29, 1.82) is 0 Å². The topological polar surface area (TPSA) is 6.48 Å². The van der Waals surface area contributed by atoms with Crippen molar-refractivity contribution in [2.24, 2.45) is 0 Å². The van der Waals surface area contributed by atoms with Crippen LogP contribution < -0.4 is 26.2 Å². The van der Waals surface area contributed by atoms with Gasteiger partial charge in [0.2, 0.25) is 0 Å². The summed E-state index contributed by atoms with van der Waals surface area (Å²) in [5.74, 6) is 0. The van der Waals surface area contributed by atoms with Crippen LogP contribution in [0.2, 0.25) is 0 Å². The Bertz CT molecular complexity index is 3320. The Morgan fingerprint density at radius 1 is 0.438 bits per heavy atom. The molecule has 318 valence electrons. The quantitative estimate of drug-likeness (QED) is 0.163. The average molecular weight is 851 g/mol. The molecule has 0 spiro atoms. The van der Waals surface area contributed by atoms with Gasteiger partial charge in [-0.25, -0.2) is 0 Å². The van der Waals surface area contributed by atoms with Crippen molar-refractivity contribution >= 4 is 88.7 Å². The zero-order chi connectivity index (χ0) is 44.4.